The second-order valence-corrected chi connectivity index (χ2v) is 5.20. The molecule has 0 saturated heterocycles. The number of nitrogens with one attached hydrogen (secondary N) is 1. The summed E-state index contributed by atoms with van der Waals surface area (Å²) in [5.41, 5.74) is 1.93. The Hall–Kier alpha value is -2.04. The fraction of sp³-hybridized carbons (Fsp3) is 0.0667. The topological polar surface area (TPSA) is 49.4 Å². The van der Waals surface area contributed by atoms with Crippen LogP contribution in [0.2, 0.25) is 5.02 Å². The minimum absolute atomic E-state index is 0.190. The summed E-state index contributed by atoms with van der Waals surface area (Å²) in [5, 5.41) is 3.24. The summed E-state index contributed by atoms with van der Waals surface area (Å²) in [5.74, 6) is -0.798. The van der Waals surface area contributed by atoms with Gasteiger partial charge >= 0.3 is 0 Å². The number of carbonyl (C=O) groups is 2. The lowest BCUT2D eigenvalue weighted by Crippen LogP contribution is -2.27. The van der Waals surface area contributed by atoms with Gasteiger partial charge in [-0.1, -0.05) is 23.7 Å². The van der Waals surface area contributed by atoms with Crippen molar-refractivity contribution in [1.29, 1.82) is 0 Å². The van der Waals surface area contributed by atoms with Gasteiger partial charge in [-0.3, -0.25) is 14.5 Å². The Morgan fingerprint density at radius 2 is 1.90 bits per heavy atom. The Kier molecular flexibility index (Phi) is 3.57. The van der Waals surface area contributed by atoms with Crippen molar-refractivity contribution < 1.29 is 9.59 Å². The highest BCUT2D eigenvalue weighted by atomic mass is 35.5. The van der Waals surface area contributed by atoms with E-state index in [0.717, 1.165) is 0 Å². The molecule has 1 aliphatic rings. The smallest absolute Gasteiger partial charge is 0.257 e. The standard InChI is InChI=1S/C15H10Cl2N2O2/c16-8-14(20)19-12-4-2-1-3-10(12)15(21)18-11-7-9(17)5-6-13(11)19/h1-7H,8H2,(H,18,21). The summed E-state index contributed by atoms with van der Waals surface area (Å²) in [6.07, 6.45) is 0. The predicted molar refractivity (Wildman–Crippen MR) is 83.7 cm³/mol. The van der Waals surface area contributed by atoms with E-state index in [2.05, 4.69) is 5.32 Å². The van der Waals surface area contributed by atoms with Crippen molar-refractivity contribution >= 4 is 52.1 Å². The van der Waals surface area contributed by atoms with Crippen molar-refractivity contribution in [2.75, 3.05) is 16.1 Å². The van der Waals surface area contributed by atoms with Crippen LogP contribution < -0.4 is 10.2 Å². The van der Waals surface area contributed by atoms with Gasteiger partial charge in [0.05, 0.1) is 22.6 Å². The lowest BCUT2D eigenvalue weighted by atomic mass is 10.1. The molecule has 0 radical (unpaired) electrons. The molecule has 3 rings (SSSR count). The van der Waals surface area contributed by atoms with E-state index in [1.807, 2.05) is 0 Å². The van der Waals surface area contributed by atoms with E-state index in [-0.39, 0.29) is 17.7 Å². The van der Waals surface area contributed by atoms with Crippen LogP contribution in [0.3, 0.4) is 0 Å². The van der Waals surface area contributed by atoms with Crippen LogP contribution in [0.5, 0.6) is 0 Å². The van der Waals surface area contributed by atoms with Crippen LogP contribution in [0.1, 0.15) is 10.4 Å². The molecular formula is C15H10Cl2N2O2. The van der Waals surface area contributed by atoms with Crippen LogP contribution in [-0.2, 0) is 4.79 Å². The van der Waals surface area contributed by atoms with Gasteiger partial charge in [-0.15, -0.1) is 11.6 Å². The largest absolute Gasteiger partial charge is 0.320 e. The van der Waals surface area contributed by atoms with E-state index in [9.17, 15) is 9.59 Å². The molecule has 1 heterocycles. The normalized spacial score (nSPS) is 13.0. The zero-order chi connectivity index (χ0) is 15.0. The highest BCUT2D eigenvalue weighted by Gasteiger charge is 2.28. The van der Waals surface area contributed by atoms with Crippen LogP contribution in [0, 0.1) is 0 Å². The number of rotatable bonds is 1. The summed E-state index contributed by atoms with van der Waals surface area (Å²) in [6, 6.07) is 11.8. The number of amides is 2. The highest BCUT2D eigenvalue weighted by Crippen LogP contribution is 2.39. The van der Waals surface area contributed by atoms with E-state index in [4.69, 9.17) is 23.2 Å². The molecule has 0 bridgehead atoms. The van der Waals surface area contributed by atoms with Gasteiger partial charge in [0.2, 0.25) is 5.91 Å². The third-order valence-electron chi connectivity index (χ3n) is 3.20. The van der Waals surface area contributed by atoms with E-state index in [1.165, 1.54) is 4.90 Å². The van der Waals surface area contributed by atoms with Crippen molar-refractivity contribution in [1.82, 2.24) is 0 Å². The second-order valence-electron chi connectivity index (χ2n) is 4.50. The maximum absolute atomic E-state index is 12.3. The first kappa shape index (κ1) is 13.9. The van der Waals surface area contributed by atoms with Crippen molar-refractivity contribution in [2.24, 2.45) is 0 Å². The molecule has 4 nitrogen and oxygen atoms in total. The minimum atomic E-state index is -0.316. The Morgan fingerprint density at radius 3 is 2.67 bits per heavy atom. The van der Waals surface area contributed by atoms with E-state index >= 15 is 0 Å². The number of nitrogens with zero attached hydrogens (tertiary/aromatic N) is 1. The number of hydrogen-bond acceptors (Lipinski definition) is 2. The van der Waals surface area contributed by atoms with Crippen LogP contribution in [0.25, 0.3) is 0 Å². The van der Waals surface area contributed by atoms with Crippen LogP contribution in [-0.4, -0.2) is 17.7 Å². The molecule has 0 fully saturated rings. The molecule has 0 aliphatic carbocycles. The second kappa shape index (κ2) is 5.39. The molecule has 0 saturated carbocycles. The molecule has 0 unspecified atom stereocenters. The minimum Gasteiger partial charge on any atom is -0.320 e. The molecule has 2 amide bonds. The molecular weight excluding hydrogens is 311 g/mol. The van der Waals surface area contributed by atoms with Crippen molar-refractivity contribution in [2.45, 2.75) is 0 Å². The summed E-state index contributed by atoms with van der Waals surface area (Å²) >= 11 is 11.7. The SMILES string of the molecule is O=C1Nc2cc(Cl)ccc2N(C(=O)CCl)c2ccccc21. The van der Waals surface area contributed by atoms with Crippen molar-refractivity contribution in [3.05, 3.63) is 53.1 Å². The molecule has 0 spiro atoms. The summed E-state index contributed by atoms with van der Waals surface area (Å²) in [7, 11) is 0. The number of carbonyl (C=O) groups excluding carboxylic acids is 2. The van der Waals surface area contributed by atoms with Gasteiger partial charge in [-0.2, -0.15) is 0 Å². The first-order valence-electron chi connectivity index (χ1n) is 6.20. The van der Waals surface area contributed by atoms with Crippen LogP contribution in [0.4, 0.5) is 17.1 Å². The number of para-hydroxylation sites is 1. The monoisotopic (exact) mass is 320 g/mol. The quantitative estimate of drug-likeness (QED) is 0.812. The lowest BCUT2D eigenvalue weighted by Gasteiger charge is -2.23. The van der Waals surface area contributed by atoms with Gasteiger partial charge < -0.3 is 5.32 Å². The Labute approximate surface area is 131 Å². The molecule has 2 aromatic carbocycles. The third kappa shape index (κ3) is 2.37. The van der Waals surface area contributed by atoms with Gasteiger partial charge in [0.1, 0.15) is 5.88 Å². The fourth-order valence-corrected chi connectivity index (χ4v) is 2.60. The number of alkyl halides is 1. The van der Waals surface area contributed by atoms with Crippen molar-refractivity contribution in [3.8, 4) is 0 Å². The number of fused-ring (bicyclic) bond motifs is 2. The predicted octanol–water partition coefficient (Wildman–Crippen LogP) is 3.81. The Bertz CT molecular complexity index is 746. The van der Waals surface area contributed by atoms with E-state index in [1.54, 1.807) is 42.5 Å². The molecule has 0 atom stereocenters. The van der Waals surface area contributed by atoms with Gasteiger partial charge in [0, 0.05) is 5.02 Å². The molecule has 21 heavy (non-hydrogen) atoms. The highest BCUT2D eigenvalue weighted by molar-refractivity contribution is 6.33. The van der Waals surface area contributed by atoms with Crippen LogP contribution >= 0.6 is 23.2 Å². The zero-order valence-electron chi connectivity index (χ0n) is 10.8. The Balaban J connectivity index is 2.29. The maximum atomic E-state index is 12.3. The zero-order valence-corrected chi connectivity index (χ0v) is 12.3. The summed E-state index contributed by atoms with van der Waals surface area (Å²) < 4.78 is 0. The Morgan fingerprint density at radius 1 is 1.14 bits per heavy atom. The first-order chi connectivity index (χ1) is 10.1. The van der Waals surface area contributed by atoms with Gasteiger partial charge in [0.15, 0.2) is 0 Å². The first-order valence-corrected chi connectivity index (χ1v) is 7.12. The van der Waals surface area contributed by atoms with Crippen LogP contribution in [0.15, 0.2) is 42.5 Å². The fourth-order valence-electron chi connectivity index (χ4n) is 2.31. The van der Waals surface area contributed by atoms with Gasteiger partial charge in [-0.25, -0.2) is 0 Å². The third-order valence-corrected chi connectivity index (χ3v) is 3.66. The molecule has 106 valence electrons. The average Bonchev–Trinajstić information content (AvgIpc) is 2.61. The molecule has 6 heteroatoms. The van der Waals surface area contributed by atoms with Gasteiger partial charge in [0.25, 0.3) is 5.91 Å². The molecule has 1 aliphatic heterocycles. The number of hydrogen-bond donors (Lipinski definition) is 1. The summed E-state index contributed by atoms with van der Waals surface area (Å²) in [6.45, 7) is 0. The van der Waals surface area contributed by atoms with E-state index in [0.29, 0.717) is 27.6 Å². The number of anilines is 3. The molecule has 1 N–H and O–H groups in total. The molecule has 0 aromatic heterocycles. The van der Waals surface area contributed by atoms with Crippen molar-refractivity contribution in [3.63, 3.8) is 0 Å². The van der Waals surface area contributed by atoms with E-state index < -0.39 is 0 Å². The van der Waals surface area contributed by atoms with Gasteiger partial charge in [-0.05, 0) is 30.3 Å². The number of halogens is 2. The average molecular weight is 321 g/mol. The number of benzene rings is 2. The maximum Gasteiger partial charge on any atom is 0.257 e. The summed E-state index contributed by atoms with van der Waals surface area (Å²) in [4.78, 5) is 26.0. The molecule has 2 aromatic rings. The lowest BCUT2D eigenvalue weighted by molar-refractivity contribution is -0.115.